The summed E-state index contributed by atoms with van der Waals surface area (Å²) in [5.74, 6) is 1.92. The molecule has 1 aromatic heterocycles. The number of anilines is 1. The highest BCUT2D eigenvalue weighted by Gasteiger charge is 2.24. The molecule has 0 radical (unpaired) electrons. The van der Waals surface area contributed by atoms with Crippen LogP contribution in [-0.2, 0) is 4.79 Å². The van der Waals surface area contributed by atoms with Crippen molar-refractivity contribution in [3.63, 3.8) is 0 Å². The van der Waals surface area contributed by atoms with Crippen LogP contribution in [0.3, 0.4) is 0 Å². The lowest BCUT2D eigenvalue weighted by molar-refractivity contribution is -0.119. The van der Waals surface area contributed by atoms with Crippen molar-refractivity contribution >= 4 is 23.6 Å². The van der Waals surface area contributed by atoms with Crippen molar-refractivity contribution in [3.8, 4) is 5.69 Å². The molecule has 2 aliphatic rings. The molecule has 0 unspecified atom stereocenters. The fraction of sp³-hybridized carbons (Fsp3) is 0.591. The van der Waals surface area contributed by atoms with Gasteiger partial charge in [-0.1, -0.05) is 49.7 Å². The van der Waals surface area contributed by atoms with Crippen molar-refractivity contribution in [2.24, 2.45) is 5.92 Å². The zero-order valence-electron chi connectivity index (χ0n) is 17.2. The Labute approximate surface area is 177 Å². The second kappa shape index (κ2) is 9.65. The van der Waals surface area contributed by atoms with Crippen LogP contribution in [0, 0.1) is 5.92 Å². The van der Waals surface area contributed by atoms with E-state index in [1.807, 2.05) is 18.2 Å². The van der Waals surface area contributed by atoms with E-state index in [-0.39, 0.29) is 5.91 Å². The standard InChI is InChI=1S/C22H31N5OS/c1-17-10-6-7-13-19(17)23-20(28)16-29-22-25-24-21(26-14-8-3-9-15-26)27(22)18-11-4-2-5-12-18/h2,4-5,11-12,17,19H,3,6-10,13-16H2,1H3,(H,23,28)/t17-,19-/m1/s1. The van der Waals surface area contributed by atoms with Crippen molar-refractivity contribution in [3.05, 3.63) is 30.3 Å². The third-order valence-electron chi connectivity index (χ3n) is 6.06. The van der Waals surface area contributed by atoms with Crippen LogP contribution in [0.25, 0.3) is 5.69 Å². The lowest BCUT2D eigenvalue weighted by atomic mass is 9.86. The van der Waals surface area contributed by atoms with Gasteiger partial charge in [0.15, 0.2) is 5.16 Å². The van der Waals surface area contributed by atoms with Crippen LogP contribution >= 0.6 is 11.8 Å². The summed E-state index contributed by atoms with van der Waals surface area (Å²) in [6.45, 7) is 4.26. The van der Waals surface area contributed by atoms with Gasteiger partial charge in [-0.3, -0.25) is 9.36 Å². The minimum absolute atomic E-state index is 0.0934. The number of carbonyl (C=O) groups is 1. The molecule has 2 atom stereocenters. The number of nitrogens with one attached hydrogen (secondary N) is 1. The van der Waals surface area contributed by atoms with Crippen molar-refractivity contribution in [2.45, 2.75) is 63.1 Å². The molecule has 2 heterocycles. The van der Waals surface area contributed by atoms with E-state index in [2.05, 4.69) is 44.0 Å². The van der Waals surface area contributed by atoms with E-state index in [0.717, 1.165) is 36.3 Å². The van der Waals surface area contributed by atoms with E-state index in [1.54, 1.807) is 0 Å². The molecule has 1 saturated carbocycles. The first-order valence-electron chi connectivity index (χ1n) is 10.9. The summed E-state index contributed by atoms with van der Waals surface area (Å²) in [6, 6.07) is 10.5. The molecule has 7 heteroatoms. The highest BCUT2D eigenvalue weighted by atomic mass is 32.2. The molecule has 156 valence electrons. The summed E-state index contributed by atoms with van der Waals surface area (Å²) in [7, 11) is 0. The number of hydrogen-bond acceptors (Lipinski definition) is 5. The van der Waals surface area contributed by atoms with Crippen LogP contribution in [0.5, 0.6) is 0 Å². The molecule has 0 bridgehead atoms. The number of para-hydroxylation sites is 1. The number of hydrogen-bond donors (Lipinski definition) is 1. The summed E-state index contributed by atoms with van der Waals surface area (Å²) in [5, 5.41) is 13.0. The number of nitrogens with zero attached hydrogens (tertiary/aromatic N) is 4. The first-order valence-corrected chi connectivity index (χ1v) is 11.9. The number of amides is 1. The van der Waals surface area contributed by atoms with E-state index in [9.17, 15) is 4.79 Å². The van der Waals surface area contributed by atoms with Crippen LogP contribution in [0.4, 0.5) is 5.95 Å². The molecule has 2 aromatic rings. The maximum Gasteiger partial charge on any atom is 0.232 e. The van der Waals surface area contributed by atoms with Crippen LogP contribution in [0.1, 0.15) is 51.9 Å². The predicted molar refractivity (Wildman–Crippen MR) is 118 cm³/mol. The van der Waals surface area contributed by atoms with Gasteiger partial charge in [-0.2, -0.15) is 0 Å². The second-order valence-corrected chi connectivity index (χ2v) is 9.17. The van der Waals surface area contributed by atoms with Crippen LogP contribution in [-0.4, -0.2) is 45.6 Å². The zero-order valence-corrected chi connectivity index (χ0v) is 18.0. The second-order valence-electron chi connectivity index (χ2n) is 8.23. The number of carbonyl (C=O) groups excluding carboxylic acids is 1. The Morgan fingerprint density at radius 3 is 2.59 bits per heavy atom. The lowest BCUT2D eigenvalue weighted by Gasteiger charge is -2.29. The molecule has 1 aliphatic heterocycles. The third kappa shape index (κ3) is 4.94. The molecule has 1 aromatic carbocycles. The van der Waals surface area contributed by atoms with Gasteiger partial charge in [-0.15, -0.1) is 10.2 Å². The number of rotatable bonds is 6. The molecular formula is C22H31N5OS. The topological polar surface area (TPSA) is 63.1 Å². The van der Waals surface area contributed by atoms with Crippen molar-refractivity contribution in [1.82, 2.24) is 20.1 Å². The summed E-state index contributed by atoms with van der Waals surface area (Å²) in [4.78, 5) is 14.9. The fourth-order valence-corrected chi connectivity index (χ4v) is 5.12. The zero-order chi connectivity index (χ0) is 20.1. The van der Waals surface area contributed by atoms with Gasteiger partial charge in [-0.25, -0.2) is 0 Å². The summed E-state index contributed by atoms with van der Waals surface area (Å²) >= 11 is 1.48. The maximum absolute atomic E-state index is 12.6. The van der Waals surface area contributed by atoms with Crippen molar-refractivity contribution < 1.29 is 4.79 Å². The largest absolute Gasteiger partial charge is 0.352 e. The van der Waals surface area contributed by atoms with E-state index in [0.29, 0.717) is 17.7 Å². The van der Waals surface area contributed by atoms with E-state index in [4.69, 9.17) is 0 Å². The Morgan fingerprint density at radius 2 is 1.83 bits per heavy atom. The van der Waals surface area contributed by atoms with Crippen LogP contribution < -0.4 is 10.2 Å². The minimum atomic E-state index is 0.0934. The molecule has 1 saturated heterocycles. The smallest absolute Gasteiger partial charge is 0.232 e. The van der Waals surface area contributed by atoms with Gasteiger partial charge in [0, 0.05) is 19.1 Å². The van der Waals surface area contributed by atoms with Crippen LogP contribution in [0.15, 0.2) is 35.5 Å². The summed E-state index contributed by atoms with van der Waals surface area (Å²) in [5.41, 5.74) is 1.04. The average Bonchev–Trinajstić information content (AvgIpc) is 3.19. The predicted octanol–water partition coefficient (Wildman–Crippen LogP) is 4.04. The minimum Gasteiger partial charge on any atom is -0.352 e. The molecule has 4 rings (SSSR count). The summed E-state index contributed by atoms with van der Waals surface area (Å²) in [6.07, 6.45) is 8.44. The molecule has 1 N–H and O–H groups in total. The highest BCUT2D eigenvalue weighted by molar-refractivity contribution is 7.99. The van der Waals surface area contributed by atoms with Gasteiger partial charge >= 0.3 is 0 Å². The number of piperidine rings is 1. The first kappa shape index (κ1) is 20.3. The lowest BCUT2D eigenvalue weighted by Crippen LogP contribution is -2.41. The molecular weight excluding hydrogens is 382 g/mol. The Morgan fingerprint density at radius 1 is 1.07 bits per heavy atom. The molecule has 0 spiro atoms. The molecule has 1 amide bonds. The fourth-order valence-electron chi connectivity index (χ4n) is 4.37. The number of thioether (sulfide) groups is 1. The van der Waals surface area contributed by atoms with Gasteiger partial charge in [0.1, 0.15) is 0 Å². The van der Waals surface area contributed by atoms with Crippen molar-refractivity contribution in [2.75, 3.05) is 23.7 Å². The third-order valence-corrected chi connectivity index (χ3v) is 6.99. The molecule has 2 fully saturated rings. The maximum atomic E-state index is 12.6. The average molecular weight is 414 g/mol. The van der Waals surface area contributed by atoms with E-state index >= 15 is 0 Å². The highest BCUT2D eigenvalue weighted by Crippen LogP contribution is 2.28. The van der Waals surface area contributed by atoms with Gasteiger partial charge in [0.2, 0.25) is 11.9 Å². The van der Waals surface area contributed by atoms with Crippen LogP contribution in [0.2, 0.25) is 0 Å². The van der Waals surface area contributed by atoms with E-state index < -0.39 is 0 Å². The van der Waals surface area contributed by atoms with E-state index in [1.165, 1.54) is 50.3 Å². The van der Waals surface area contributed by atoms with Gasteiger partial charge in [0.25, 0.3) is 0 Å². The quantitative estimate of drug-likeness (QED) is 0.724. The van der Waals surface area contributed by atoms with Crippen molar-refractivity contribution in [1.29, 1.82) is 0 Å². The van der Waals surface area contributed by atoms with Gasteiger partial charge in [-0.05, 0) is 50.2 Å². The first-order chi connectivity index (χ1) is 14.2. The summed E-state index contributed by atoms with van der Waals surface area (Å²) < 4.78 is 2.10. The number of benzene rings is 1. The molecule has 1 aliphatic carbocycles. The Kier molecular flexibility index (Phi) is 6.74. The molecule has 6 nitrogen and oxygen atoms in total. The Balaban J connectivity index is 1.48. The van der Waals surface area contributed by atoms with Gasteiger partial charge in [0.05, 0.1) is 11.4 Å². The monoisotopic (exact) mass is 413 g/mol. The molecule has 29 heavy (non-hydrogen) atoms. The normalized spacial score (nSPS) is 22.4. The number of aromatic nitrogens is 3. The Hall–Kier alpha value is -2.02. The Bertz CT molecular complexity index is 803. The van der Waals surface area contributed by atoms with Gasteiger partial charge < -0.3 is 10.2 Å². The SMILES string of the molecule is C[C@@H]1CCCC[C@H]1NC(=O)CSc1nnc(N2CCCCC2)n1-c1ccccc1.